The first-order valence-electron chi connectivity index (χ1n) is 8.11. The molecule has 1 aliphatic carbocycles. The lowest BCUT2D eigenvalue weighted by atomic mass is 10.0. The van der Waals surface area contributed by atoms with Crippen LogP contribution in [0.4, 0.5) is 0 Å². The molecule has 1 fully saturated rings. The van der Waals surface area contributed by atoms with Crippen LogP contribution in [0.15, 0.2) is 23.4 Å². The van der Waals surface area contributed by atoms with E-state index in [4.69, 9.17) is 16.3 Å². The molecule has 6 heteroatoms. The van der Waals surface area contributed by atoms with E-state index in [0.29, 0.717) is 5.02 Å². The van der Waals surface area contributed by atoms with Gasteiger partial charge in [0.15, 0.2) is 0 Å². The van der Waals surface area contributed by atoms with Crippen molar-refractivity contribution in [3.8, 4) is 5.75 Å². The molecule has 1 aromatic heterocycles. The Kier molecular flexibility index (Phi) is 5.84. The van der Waals surface area contributed by atoms with E-state index in [1.807, 2.05) is 18.2 Å². The molecule has 1 heterocycles. The molecule has 0 aliphatic heterocycles. The number of aromatic nitrogens is 3. The van der Waals surface area contributed by atoms with Crippen molar-refractivity contribution in [3.05, 3.63) is 34.6 Å². The average molecular weight is 352 g/mol. The Bertz CT molecular complexity index is 641. The second-order valence-corrected chi connectivity index (χ2v) is 7.38. The van der Waals surface area contributed by atoms with E-state index in [9.17, 15) is 0 Å². The number of ether oxygens (including phenoxy) is 1. The fourth-order valence-electron chi connectivity index (χ4n) is 3.10. The van der Waals surface area contributed by atoms with Crippen LogP contribution in [0.5, 0.6) is 5.75 Å². The van der Waals surface area contributed by atoms with Gasteiger partial charge < -0.3 is 4.74 Å². The minimum atomic E-state index is 0.716. The molecule has 0 amide bonds. The van der Waals surface area contributed by atoms with Gasteiger partial charge in [-0.1, -0.05) is 49.0 Å². The van der Waals surface area contributed by atoms with Crippen molar-refractivity contribution in [1.29, 1.82) is 0 Å². The molecule has 2 aromatic rings. The number of H-pyrrole nitrogens is 1. The third kappa shape index (κ3) is 4.64. The Morgan fingerprint density at radius 3 is 2.96 bits per heavy atom. The van der Waals surface area contributed by atoms with Crippen LogP contribution >= 0.6 is 23.4 Å². The molecule has 4 nitrogen and oxygen atoms in total. The molecule has 0 unspecified atom stereocenters. The fraction of sp³-hybridized carbons (Fsp3) is 0.529. The maximum Gasteiger partial charge on any atom is 0.208 e. The van der Waals surface area contributed by atoms with E-state index in [-0.39, 0.29) is 0 Å². The Labute approximate surface area is 146 Å². The summed E-state index contributed by atoms with van der Waals surface area (Å²) in [5.74, 6) is 3.46. The van der Waals surface area contributed by atoms with Crippen LogP contribution in [0.1, 0.15) is 43.5 Å². The zero-order valence-electron chi connectivity index (χ0n) is 13.3. The van der Waals surface area contributed by atoms with Crippen molar-refractivity contribution in [2.24, 2.45) is 5.92 Å². The molecule has 0 atom stereocenters. The second kappa shape index (κ2) is 8.06. The Hall–Kier alpha value is -1.20. The smallest absolute Gasteiger partial charge is 0.208 e. The summed E-state index contributed by atoms with van der Waals surface area (Å²) in [6.45, 7) is 0. The number of thioether (sulfide) groups is 1. The van der Waals surface area contributed by atoms with Gasteiger partial charge in [-0.2, -0.15) is 0 Å². The number of rotatable bonds is 7. The monoisotopic (exact) mass is 351 g/mol. The summed E-state index contributed by atoms with van der Waals surface area (Å²) >= 11 is 7.66. The Morgan fingerprint density at radius 2 is 2.17 bits per heavy atom. The van der Waals surface area contributed by atoms with Crippen molar-refractivity contribution < 1.29 is 4.74 Å². The topological polar surface area (TPSA) is 50.8 Å². The lowest BCUT2D eigenvalue weighted by Gasteiger charge is -2.07. The number of hydrogen-bond donors (Lipinski definition) is 1. The number of nitrogens with zero attached hydrogens (tertiary/aromatic N) is 2. The minimum Gasteiger partial charge on any atom is -0.496 e. The van der Waals surface area contributed by atoms with Gasteiger partial charge in [0.25, 0.3) is 0 Å². The van der Waals surface area contributed by atoms with E-state index >= 15 is 0 Å². The summed E-state index contributed by atoms with van der Waals surface area (Å²) in [5.41, 5.74) is 1.06. The van der Waals surface area contributed by atoms with Gasteiger partial charge in [0.1, 0.15) is 11.6 Å². The largest absolute Gasteiger partial charge is 0.496 e. The third-order valence-electron chi connectivity index (χ3n) is 4.37. The Morgan fingerprint density at radius 1 is 1.35 bits per heavy atom. The molecule has 23 heavy (non-hydrogen) atoms. The first-order chi connectivity index (χ1) is 11.2. The molecule has 1 saturated carbocycles. The highest BCUT2D eigenvalue weighted by Gasteiger charge is 2.15. The van der Waals surface area contributed by atoms with Gasteiger partial charge in [-0.3, -0.25) is 5.10 Å². The van der Waals surface area contributed by atoms with E-state index in [2.05, 4.69) is 15.2 Å². The highest BCUT2D eigenvalue weighted by atomic mass is 35.5. The van der Waals surface area contributed by atoms with E-state index < -0.39 is 0 Å². The fourth-order valence-corrected chi connectivity index (χ4v) is 4.09. The van der Waals surface area contributed by atoms with Gasteiger partial charge >= 0.3 is 0 Å². The predicted octanol–water partition coefficient (Wildman–Crippen LogP) is 4.88. The highest BCUT2D eigenvalue weighted by molar-refractivity contribution is 7.98. The zero-order valence-corrected chi connectivity index (χ0v) is 14.9. The van der Waals surface area contributed by atoms with E-state index in [1.54, 1.807) is 18.9 Å². The predicted molar refractivity (Wildman–Crippen MR) is 94.2 cm³/mol. The number of methoxy groups -OCH3 is 1. The van der Waals surface area contributed by atoms with Crippen molar-refractivity contribution in [1.82, 2.24) is 15.2 Å². The molecular formula is C17H22ClN3OS. The van der Waals surface area contributed by atoms with Crippen LogP contribution < -0.4 is 4.74 Å². The lowest BCUT2D eigenvalue weighted by Crippen LogP contribution is -1.97. The quantitative estimate of drug-likeness (QED) is 0.722. The van der Waals surface area contributed by atoms with Crippen molar-refractivity contribution in [2.45, 2.75) is 49.4 Å². The molecular weight excluding hydrogens is 330 g/mol. The van der Waals surface area contributed by atoms with E-state index in [0.717, 1.165) is 40.4 Å². The van der Waals surface area contributed by atoms with E-state index in [1.165, 1.54) is 32.1 Å². The number of aromatic amines is 1. The molecule has 1 aliphatic rings. The van der Waals surface area contributed by atoms with Crippen LogP contribution in [0.3, 0.4) is 0 Å². The molecule has 0 radical (unpaired) electrons. The summed E-state index contributed by atoms with van der Waals surface area (Å²) in [4.78, 5) is 4.59. The van der Waals surface area contributed by atoms with Crippen LogP contribution in [0.2, 0.25) is 5.02 Å². The molecule has 3 rings (SSSR count). The summed E-state index contributed by atoms with van der Waals surface area (Å²) in [7, 11) is 1.67. The zero-order chi connectivity index (χ0) is 16.1. The van der Waals surface area contributed by atoms with Gasteiger partial charge in [-0.25, -0.2) is 4.98 Å². The SMILES string of the molecule is COc1ccc(Cl)cc1CSc1n[nH]c(CCC2CCCC2)n1. The van der Waals surface area contributed by atoms with Gasteiger partial charge in [0, 0.05) is 22.8 Å². The maximum absolute atomic E-state index is 6.06. The Balaban J connectivity index is 1.53. The summed E-state index contributed by atoms with van der Waals surface area (Å²) < 4.78 is 5.37. The first-order valence-corrected chi connectivity index (χ1v) is 9.47. The van der Waals surface area contributed by atoms with Crippen LogP contribution in [0.25, 0.3) is 0 Å². The summed E-state index contributed by atoms with van der Waals surface area (Å²) in [5, 5.41) is 8.88. The normalized spacial score (nSPS) is 15.2. The average Bonchev–Trinajstić information content (AvgIpc) is 3.22. The molecule has 0 bridgehead atoms. The molecule has 0 spiro atoms. The van der Waals surface area contributed by atoms with Crippen LogP contribution in [-0.4, -0.2) is 22.3 Å². The maximum atomic E-state index is 6.06. The molecule has 0 saturated heterocycles. The molecule has 124 valence electrons. The van der Waals surface area contributed by atoms with Gasteiger partial charge in [0.05, 0.1) is 7.11 Å². The van der Waals surface area contributed by atoms with Crippen LogP contribution in [-0.2, 0) is 12.2 Å². The van der Waals surface area contributed by atoms with Crippen molar-refractivity contribution in [3.63, 3.8) is 0 Å². The first kappa shape index (κ1) is 16.7. The van der Waals surface area contributed by atoms with Gasteiger partial charge in [0.2, 0.25) is 5.16 Å². The number of nitrogens with one attached hydrogen (secondary N) is 1. The standard InChI is InChI=1S/C17H22ClN3OS/c1-22-15-8-7-14(18)10-13(15)11-23-17-19-16(20-21-17)9-6-12-4-2-3-5-12/h7-8,10,12H,2-6,9,11H2,1H3,(H,19,20,21). The van der Waals surface area contributed by atoms with Gasteiger partial charge in [-0.05, 0) is 30.5 Å². The van der Waals surface area contributed by atoms with Crippen LogP contribution in [0, 0.1) is 5.92 Å². The number of aryl methyl sites for hydroxylation is 1. The van der Waals surface area contributed by atoms with Crippen molar-refractivity contribution >= 4 is 23.4 Å². The van der Waals surface area contributed by atoms with Gasteiger partial charge in [-0.15, -0.1) is 5.10 Å². The number of halogens is 1. The third-order valence-corrected chi connectivity index (χ3v) is 5.51. The molecule has 1 aromatic carbocycles. The minimum absolute atomic E-state index is 0.716. The lowest BCUT2D eigenvalue weighted by molar-refractivity contribution is 0.411. The molecule has 1 N–H and O–H groups in total. The summed E-state index contributed by atoms with van der Waals surface area (Å²) in [6, 6.07) is 5.66. The number of hydrogen-bond acceptors (Lipinski definition) is 4. The van der Waals surface area contributed by atoms with Crippen molar-refractivity contribution in [2.75, 3.05) is 7.11 Å². The number of benzene rings is 1. The second-order valence-electron chi connectivity index (χ2n) is 6.00. The summed E-state index contributed by atoms with van der Waals surface area (Å²) in [6.07, 6.45) is 7.77. The highest BCUT2D eigenvalue weighted by Crippen LogP contribution is 2.30.